The number of carboxylic acid groups (broad SMARTS) is 1. The third-order valence-corrected chi connectivity index (χ3v) is 5.19. The molecule has 0 aromatic carbocycles. The molecule has 6 heteroatoms. The van der Waals surface area contributed by atoms with E-state index in [0.717, 1.165) is 0 Å². The summed E-state index contributed by atoms with van der Waals surface area (Å²) in [6.45, 7) is 6.11. The Kier molecular flexibility index (Phi) is 6.12. The quantitative estimate of drug-likeness (QED) is 0.743. The van der Waals surface area contributed by atoms with E-state index in [1.165, 1.54) is 0 Å². The summed E-state index contributed by atoms with van der Waals surface area (Å²) in [5.74, 6) is -0.708. The van der Waals surface area contributed by atoms with Crippen molar-refractivity contribution < 1.29 is 18.3 Å². The lowest BCUT2D eigenvalue weighted by Gasteiger charge is -2.22. The first kappa shape index (κ1) is 16.4. The fourth-order valence-electron chi connectivity index (χ4n) is 1.19. The van der Waals surface area contributed by atoms with Crippen LogP contribution in [0.3, 0.4) is 0 Å². The molecule has 0 aliphatic carbocycles. The standard InChI is InChI=1S/C11H23NO4S/c1-11(2,3)17(15,16)9-8-12(4)7-5-6-10(13)14/h5-9H2,1-4H3,(H,13,14). The summed E-state index contributed by atoms with van der Waals surface area (Å²) in [6.07, 6.45) is 0.664. The highest BCUT2D eigenvalue weighted by atomic mass is 32.2. The Morgan fingerprint density at radius 3 is 2.18 bits per heavy atom. The van der Waals surface area contributed by atoms with Gasteiger partial charge in [-0.15, -0.1) is 0 Å². The van der Waals surface area contributed by atoms with Crippen molar-refractivity contribution in [1.82, 2.24) is 4.90 Å². The van der Waals surface area contributed by atoms with Gasteiger partial charge in [0.1, 0.15) is 0 Å². The van der Waals surface area contributed by atoms with Crippen LogP contribution in [0.2, 0.25) is 0 Å². The van der Waals surface area contributed by atoms with Crippen molar-refractivity contribution >= 4 is 15.8 Å². The summed E-state index contributed by atoms with van der Waals surface area (Å²) >= 11 is 0. The van der Waals surface area contributed by atoms with Crippen LogP contribution in [0, 0.1) is 0 Å². The second kappa shape index (κ2) is 6.35. The molecule has 0 saturated heterocycles. The van der Waals surface area contributed by atoms with Crippen molar-refractivity contribution in [2.75, 3.05) is 25.9 Å². The number of carbonyl (C=O) groups is 1. The van der Waals surface area contributed by atoms with Crippen LogP contribution in [0.15, 0.2) is 0 Å². The molecule has 0 amide bonds. The second-order valence-electron chi connectivity index (χ2n) is 5.23. The maximum atomic E-state index is 11.8. The number of hydrogen-bond donors (Lipinski definition) is 1. The monoisotopic (exact) mass is 265 g/mol. The Balaban J connectivity index is 4.00. The van der Waals surface area contributed by atoms with Crippen LogP contribution < -0.4 is 0 Å². The van der Waals surface area contributed by atoms with Gasteiger partial charge >= 0.3 is 5.97 Å². The van der Waals surface area contributed by atoms with E-state index < -0.39 is 20.6 Å². The number of carboxylic acids is 1. The summed E-state index contributed by atoms with van der Waals surface area (Å²) in [5.41, 5.74) is 0. The van der Waals surface area contributed by atoms with Crippen LogP contribution in [0.4, 0.5) is 0 Å². The number of aliphatic carboxylic acids is 1. The third-order valence-electron chi connectivity index (χ3n) is 2.61. The molecule has 1 N–H and O–H groups in total. The van der Waals surface area contributed by atoms with Crippen molar-refractivity contribution in [2.45, 2.75) is 38.4 Å². The summed E-state index contributed by atoms with van der Waals surface area (Å²) < 4.78 is 22.9. The molecule has 0 spiro atoms. The molecule has 102 valence electrons. The SMILES string of the molecule is CN(CCCC(=O)O)CCS(=O)(=O)C(C)(C)C. The molecule has 0 atom stereocenters. The first-order valence-electron chi connectivity index (χ1n) is 5.69. The van der Waals surface area contributed by atoms with Crippen molar-refractivity contribution in [3.05, 3.63) is 0 Å². The molecule has 0 bridgehead atoms. The second-order valence-corrected chi connectivity index (χ2v) is 8.09. The lowest BCUT2D eigenvalue weighted by Crippen LogP contribution is -2.35. The minimum Gasteiger partial charge on any atom is -0.481 e. The van der Waals surface area contributed by atoms with Gasteiger partial charge in [0.05, 0.1) is 10.5 Å². The van der Waals surface area contributed by atoms with Crippen LogP contribution in [0.25, 0.3) is 0 Å². The van der Waals surface area contributed by atoms with Crippen LogP contribution in [-0.4, -0.2) is 55.0 Å². The molecule has 5 nitrogen and oxygen atoms in total. The zero-order chi connectivity index (χ0) is 13.7. The lowest BCUT2D eigenvalue weighted by molar-refractivity contribution is -0.137. The molecule has 17 heavy (non-hydrogen) atoms. The van der Waals surface area contributed by atoms with E-state index in [1.54, 1.807) is 27.8 Å². The van der Waals surface area contributed by atoms with Gasteiger partial charge in [-0.05, 0) is 40.8 Å². The summed E-state index contributed by atoms with van der Waals surface area (Å²) in [5, 5.41) is 8.48. The van der Waals surface area contributed by atoms with E-state index in [1.807, 2.05) is 4.90 Å². The molecule has 0 radical (unpaired) electrons. The average molecular weight is 265 g/mol. The highest BCUT2D eigenvalue weighted by Gasteiger charge is 2.28. The van der Waals surface area contributed by atoms with Gasteiger partial charge in [-0.2, -0.15) is 0 Å². The van der Waals surface area contributed by atoms with Crippen molar-refractivity contribution in [3.8, 4) is 0 Å². The fourth-order valence-corrected chi connectivity index (χ4v) is 2.36. The van der Waals surface area contributed by atoms with Gasteiger partial charge in [-0.1, -0.05) is 0 Å². The molecule has 0 saturated carbocycles. The first-order chi connectivity index (χ1) is 7.56. The van der Waals surface area contributed by atoms with E-state index >= 15 is 0 Å². The Labute approximate surface area is 104 Å². The molecule has 0 rings (SSSR count). The Bertz CT molecular complexity index is 343. The zero-order valence-electron chi connectivity index (χ0n) is 11.1. The van der Waals surface area contributed by atoms with Gasteiger partial charge in [-0.25, -0.2) is 8.42 Å². The maximum absolute atomic E-state index is 11.8. The van der Waals surface area contributed by atoms with Gasteiger partial charge in [0.15, 0.2) is 9.84 Å². The van der Waals surface area contributed by atoms with Gasteiger partial charge < -0.3 is 10.0 Å². The molecule has 0 aliphatic heterocycles. The normalized spacial score (nSPS) is 13.0. The Morgan fingerprint density at radius 1 is 1.24 bits per heavy atom. The smallest absolute Gasteiger partial charge is 0.303 e. The van der Waals surface area contributed by atoms with Gasteiger partial charge in [0.25, 0.3) is 0 Å². The molecule has 0 fully saturated rings. The van der Waals surface area contributed by atoms with Gasteiger partial charge in [0, 0.05) is 13.0 Å². The van der Waals surface area contributed by atoms with Crippen molar-refractivity contribution in [3.63, 3.8) is 0 Å². The van der Waals surface area contributed by atoms with Crippen molar-refractivity contribution in [1.29, 1.82) is 0 Å². The van der Waals surface area contributed by atoms with E-state index in [0.29, 0.717) is 19.5 Å². The molecule has 0 heterocycles. The topological polar surface area (TPSA) is 74.7 Å². The largest absolute Gasteiger partial charge is 0.481 e. The van der Waals surface area contributed by atoms with Crippen LogP contribution in [0.5, 0.6) is 0 Å². The Morgan fingerprint density at radius 2 is 1.76 bits per heavy atom. The molecule has 0 aromatic rings. The number of hydrogen-bond acceptors (Lipinski definition) is 4. The summed E-state index contributed by atoms with van der Waals surface area (Å²) in [4.78, 5) is 12.2. The highest BCUT2D eigenvalue weighted by molar-refractivity contribution is 7.92. The zero-order valence-corrected chi connectivity index (χ0v) is 11.9. The summed E-state index contributed by atoms with van der Waals surface area (Å²) in [7, 11) is -1.29. The molecular weight excluding hydrogens is 242 g/mol. The minimum atomic E-state index is -3.09. The molecule has 0 aliphatic rings. The van der Waals surface area contributed by atoms with E-state index in [9.17, 15) is 13.2 Å². The van der Waals surface area contributed by atoms with E-state index in [4.69, 9.17) is 5.11 Å². The lowest BCUT2D eigenvalue weighted by atomic mass is 10.3. The van der Waals surface area contributed by atoms with E-state index in [2.05, 4.69) is 0 Å². The summed E-state index contributed by atoms with van der Waals surface area (Å²) in [6, 6.07) is 0. The Hall–Kier alpha value is -0.620. The van der Waals surface area contributed by atoms with Crippen molar-refractivity contribution in [2.24, 2.45) is 0 Å². The first-order valence-corrected chi connectivity index (χ1v) is 7.34. The molecular formula is C11H23NO4S. The predicted octanol–water partition coefficient (Wildman–Crippen LogP) is 0.996. The number of rotatable bonds is 7. The highest BCUT2D eigenvalue weighted by Crippen LogP contribution is 2.15. The van der Waals surface area contributed by atoms with Gasteiger partial charge in [-0.3, -0.25) is 4.79 Å². The molecule has 0 unspecified atom stereocenters. The van der Waals surface area contributed by atoms with Gasteiger partial charge in [0.2, 0.25) is 0 Å². The number of nitrogens with zero attached hydrogens (tertiary/aromatic N) is 1. The minimum absolute atomic E-state index is 0.111. The predicted molar refractivity (Wildman–Crippen MR) is 67.9 cm³/mol. The number of sulfone groups is 1. The van der Waals surface area contributed by atoms with Crippen LogP contribution in [-0.2, 0) is 14.6 Å². The fraction of sp³-hybridized carbons (Fsp3) is 0.909. The average Bonchev–Trinajstić information content (AvgIpc) is 2.12. The van der Waals surface area contributed by atoms with Crippen LogP contribution >= 0.6 is 0 Å². The molecule has 0 aromatic heterocycles. The third kappa shape index (κ3) is 6.63. The van der Waals surface area contributed by atoms with Crippen LogP contribution in [0.1, 0.15) is 33.6 Å². The van der Waals surface area contributed by atoms with E-state index in [-0.39, 0.29) is 12.2 Å². The maximum Gasteiger partial charge on any atom is 0.303 e.